The average molecular weight is 248 g/mol. The average Bonchev–Trinajstić information content (AvgIpc) is 2.43. The second-order valence-corrected chi connectivity index (χ2v) is 4.92. The van der Waals surface area contributed by atoms with Crippen molar-refractivity contribution in [3.05, 3.63) is 29.8 Å². The van der Waals surface area contributed by atoms with Gasteiger partial charge in [-0.1, -0.05) is 25.1 Å². The predicted octanol–water partition coefficient (Wildman–Crippen LogP) is 2.32. The molecule has 0 saturated carbocycles. The quantitative estimate of drug-likeness (QED) is 0.811. The summed E-state index contributed by atoms with van der Waals surface area (Å²) in [6.45, 7) is 5.59. The van der Waals surface area contributed by atoms with Crippen molar-refractivity contribution in [1.82, 2.24) is 5.32 Å². The van der Waals surface area contributed by atoms with E-state index in [-0.39, 0.29) is 6.61 Å². The highest BCUT2D eigenvalue weighted by Crippen LogP contribution is 2.33. The van der Waals surface area contributed by atoms with E-state index in [1.54, 1.807) is 0 Å². The van der Waals surface area contributed by atoms with Crippen molar-refractivity contribution in [2.75, 3.05) is 31.1 Å². The SMILES string of the molecule is CCCNC1CCN(CCCO)c2ccccc21. The van der Waals surface area contributed by atoms with Gasteiger partial charge in [0.25, 0.3) is 0 Å². The molecular weight excluding hydrogens is 224 g/mol. The van der Waals surface area contributed by atoms with Gasteiger partial charge < -0.3 is 15.3 Å². The van der Waals surface area contributed by atoms with E-state index in [0.29, 0.717) is 6.04 Å². The highest BCUT2D eigenvalue weighted by atomic mass is 16.3. The molecule has 1 aliphatic heterocycles. The van der Waals surface area contributed by atoms with Crippen LogP contribution in [0.5, 0.6) is 0 Å². The van der Waals surface area contributed by atoms with E-state index in [2.05, 4.69) is 41.4 Å². The van der Waals surface area contributed by atoms with Gasteiger partial charge in [0.2, 0.25) is 0 Å². The number of nitrogens with zero attached hydrogens (tertiary/aromatic N) is 1. The Bertz CT molecular complexity index is 332. The van der Waals surface area contributed by atoms with Crippen LogP contribution in [0.15, 0.2) is 24.3 Å². The first-order valence-corrected chi connectivity index (χ1v) is 7.05. The molecule has 2 N–H and O–H groups in total. The van der Waals surface area contributed by atoms with Crippen molar-refractivity contribution in [2.24, 2.45) is 0 Å². The van der Waals surface area contributed by atoms with Gasteiger partial charge in [0, 0.05) is 31.4 Å². The van der Waals surface area contributed by atoms with Crippen LogP contribution >= 0.6 is 0 Å². The van der Waals surface area contributed by atoms with Gasteiger partial charge in [-0.2, -0.15) is 0 Å². The van der Waals surface area contributed by atoms with Crippen molar-refractivity contribution in [2.45, 2.75) is 32.2 Å². The van der Waals surface area contributed by atoms with Crippen LogP contribution in [0, 0.1) is 0 Å². The molecule has 1 unspecified atom stereocenters. The molecule has 100 valence electrons. The van der Waals surface area contributed by atoms with E-state index < -0.39 is 0 Å². The standard InChI is InChI=1S/C15H24N2O/c1-2-9-16-14-8-11-17(10-5-12-18)15-7-4-3-6-13(14)15/h3-4,6-7,14,16,18H,2,5,8-12H2,1H3. The predicted molar refractivity (Wildman–Crippen MR) is 76.0 cm³/mol. The summed E-state index contributed by atoms with van der Waals surface area (Å²) < 4.78 is 0. The summed E-state index contributed by atoms with van der Waals surface area (Å²) in [5.41, 5.74) is 2.75. The largest absolute Gasteiger partial charge is 0.396 e. The van der Waals surface area contributed by atoms with E-state index in [1.165, 1.54) is 17.7 Å². The maximum absolute atomic E-state index is 8.97. The van der Waals surface area contributed by atoms with Gasteiger partial charge >= 0.3 is 0 Å². The van der Waals surface area contributed by atoms with E-state index in [1.807, 2.05) is 0 Å². The van der Waals surface area contributed by atoms with Crippen molar-refractivity contribution >= 4 is 5.69 Å². The summed E-state index contributed by atoms with van der Waals surface area (Å²) in [5, 5.41) is 12.6. The maximum atomic E-state index is 8.97. The van der Waals surface area contributed by atoms with E-state index in [4.69, 9.17) is 5.11 Å². The van der Waals surface area contributed by atoms with E-state index in [0.717, 1.165) is 32.5 Å². The van der Waals surface area contributed by atoms with Gasteiger partial charge in [0.1, 0.15) is 0 Å². The van der Waals surface area contributed by atoms with Crippen LogP contribution in [0.25, 0.3) is 0 Å². The third-order valence-electron chi connectivity index (χ3n) is 3.57. The van der Waals surface area contributed by atoms with Crippen LogP contribution in [0.2, 0.25) is 0 Å². The fourth-order valence-electron chi connectivity index (χ4n) is 2.66. The van der Waals surface area contributed by atoms with Gasteiger partial charge in [-0.05, 0) is 37.4 Å². The summed E-state index contributed by atoms with van der Waals surface area (Å²) in [5.74, 6) is 0. The second-order valence-electron chi connectivity index (χ2n) is 4.92. The third kappa shape index (κ3) is 3.03. The summed E-state index contributed by atoms with van der Waals surface area (Å²) in [6.07, 6.45) is 3.18. The zero-order chi connectivity index (χ0) is 12.8. The molecule has 18 heavy (non-hydrogen) atoms. The molecule has 0 aromatic heterocycles. The van der Waals surface area contributed by atoms with E-state index >= 15 is 0 Å². The number of aliphatic hydroxyl groups is 1. The summed E-state index contributed by atoms with van der Waals surface area (Å²) >= 11 is 0. The number of benzene rings is 1. The normalized spacial score (nSPS) is 18.8. The van der Waals surface area contributed by atoms with Crippen molar-refractivity contribution in [3.8, 4) is 0 Å². The zero-order valence-corrected chi connectivity index (χ0v) is 11.2. The third-order valence-corrected chi connectivity index (χ3v) is 3.57. The number of nitrogens with one attached hydrogen (secondary N) is 1. The number of aliphatic hydroxyl groups excluding tert-OH is 1. The molecule has 1 heterocycles. The van der Waals surface area contributed by atoms with Gasteiger partial charge in [-0.3, -0.25) is 0 Å². The Balaban J connectivity index is 2.12. The van der Waals surface area contributed by atoms with Crippen LogP contribution in [-0.2, 0) is 0 Å². The van der Waals surface area contributed by atoms with Crippen molar-refractivity contribution < 1.29 is 5.11 Å². The Hall–Kier alpha value is -1.06. The summed E-state index contributed by atoms with van der Waals surface area (Å²) in [4.78, 5) is 2.40. The molecule has 0 spiro atoms. The van der Waals surface area contributed by atoms with Crippen LogP contribution in [0.1, 0.15) is 37.8 Å². The monoisotopic (exact) mass is 248 g/mol. The number of para-hydroxylation sites is 1. The van der Waals surface area contributed by atoms with Crippen LogP contribution < -0.4 is 10.2 Å². The minimum atomic E-state index is 0.274. The molecule has 3 heteroatoms. The topological polar surface area (TPSA) is 35.5 Å². The first-order chi connectivity index (χ1) is 8.86. The molecule has 1 aromatic carbocycles. The molecule has 0 amide bonds. The molecule has 1 aromatic rings. The minimum absolute atomic E-state index is 0.274. The number of fused-ring (bicyclic) bond motifs is 1. The first kappa shape index (κ1) is 13.4. The number of anilines is 1. The van der Waals surface area contributed by atoms with Gasteiger partial charge in [0.15, 0.2) is 0 Å². The Labute approximate surface area is 110 Å². The number of hydrogen-bond acceptors (Lipinski definition) is 3. The fraction of sp³-hybridized carbons (Fsp3) is 0.600. The summed E-state index contributed by atoms with van der Waals surface area (Å²) in [7, 11) is 0. The van der Waals surface area contributed by atoms with Crippen LogP contribution in [-0.4, -0.2) is 31.3 Å². The molecule has 2 rings (SSSR count). The Morgan fingerprint density at radius 1 is 1.39 bits per heavy atom. The number of rotatable bonds is 6. The Kier molecular flexibility index (Phi) is 5.02. The zero-order valence-electron chi connectivity index (χ0n) is 11.2. The molecule has 1 atom stereocenters. The van der Waals surface area contributed by atoms with Crippen molar-refractivity contribution in [1.29, 1.82) is 0 Å². The highest BCUT2D eigenvalue weighted by molar-refractivity contribution is 5.56. The molecule has 0 aliphatic carbocycles. The second kappa shape index (κ2) is 6.76. The molecule has 0 radical (unpaired) electrons. The Morgan fingerprint density at radius 3 is 3.00 bits per heavy atom. The molecule has 0 bridgehead atoms. The lowest BCUT2D eigenvalue weighted by atomic mass is 9.96. The first-order valence-electron chi connectivity index (χ1n) is 7.05. The molecule has 1 aliphatic rings. The van der Waals surface area contributed by atoms with Crippen LogP contribution in [0.4, 0.5) is 5.69 Å². The smallest absolute Gasteiger partial charge is 0.0447 e. The number of hydrogen-bond donors (Lipinski definition) is 2. The van der Waals surface area contributed by atoms with Gasteiger partial charge in [-0.25, -0.2) is 0 Å². The van der Waals surface area contributed by atoms with E-state index in [9.17, 15) is 0 Å². The lowest BCUT2D eigenvalue weighted by Crippen LogP contribution is -2.36. The minimum Gasteiger partial charge on any atom is -0.396 e. The maximum Gasteiger partial charge on any atom is 0.0447 e. The fourth-order valence-corrected chi connectivity index (χ4v) is 2.66. The molecular formula is C15H24N2O. The lowest BCUT2D eigenvalue weighted by Gasteiger charge is -2.36. The molecule has 3 nitrogen and oxygen atoms in total. The van der Waals surface area contributed by atoms with Crippen molar-refractivity contribution in [3.63, 3.8) is 0 Å². The lowest BCUT2D eigenvalue weighted by molar-refractivity contribution is 0.288. The molecule has 0 saturated heterocycles. The Morgan fingerprint density at radius 2 is 2.22 bits per heavy atom. The summed E-state index contributed by atoms with van der Waals surface area (Å²) in [6, 6.07) is 9.15. The van der Waals surface area contributed by atoms with Gasteiger partial charge in [0.05, 0.1) is 0 Å². The molecule has 0 fully saturated rings. The van der Waals surface area contributed by atoms with Crippen LogP contribution in [0.3, 0.4) is 0 Å². The van der Waals surface area contributed by atoms with Gasteiger partial charge in [-0.15, -0.1) is 0 Å². The highest BCUT2D eigenvalue weighted by Gasteiger charge is 2.23.